The number of benzene rings is 3. The highest BCUT2D eigenvalue weighted by atomic mass is 79.9. The number of ether oxygens (including phenoxy) is 1. The Morgan fingerprint density at radius 2 is 1.46 bits per heavy atom. The number of carbonyl (C=O) groups excluding carboxylic acids is 2. The molecule has 6 nitrogen and oxygen atoms in total. The van der Waals surface area contributed by atoms with Gasteiger partial charge in [0, 0.05) is 48.3 Å². The number of amides is 2. The molecule has 1 heterocycles. The average molecular weight is 633 g/mol. The molecule has 0 unspecified atom stereocenters. The number of nitrogens with zero attached hydrogens (tertiary/aromatic N) is 3. The number of hydrogen-bond donors (Lipinski definition) is 0. The number of rotatable bonds is 9. The molecule has 2 amide bonds. The first-order valence-electron chi connectivity index (χ1n) is 13.1. The molecule has 0 bridgehead atoms. The monoisotopic (exact) mass is 631 g/mol. The Bertz CT molecular complexity index is 1290. The smallest absolute Gasteiger partial charge is 0.257 e. The van der Waals surface area contributed by atoms with Crippen molar-refractivity contribution in [3.05, 3.63) is 97.4 Å². The third-order valence-corrected chi connectivity index (χ3v) is 8.06. The van der Waals surface area contributed by atoms with Crippen LogP contribution in [0, 0.1) is 0 Å². The van der Waals surface area contributed by atoms with E-state index in [2.05, 4.69) is 40.7 Å². The SMILES string of the molecule is CCN(CC)Cc1cc(Br)ccc1OCc1ccc(C(=O)N2CCN(C(=O)c3c(Cl)cccc3Cl)CC2)cc1. The second kappa shape index (κ2) is 13.7. The summed E-state index contributed by atoms with van der Waals surface area (Å²) >= 11 is 16.0. The quantitative estimate of drug-likeness (QED) is 0.261. The zero-order valence-electron chi connectivity index (χ0n) is 22.1. The van der Waals surface area contributed by atoms with Crippen LogP contribution in [0.1, 0.15) is 45.7 Å². The molecule has 4 rings (SSSR count). The number of piperazine rings is 1. The predicted molar refractivity (Wildman–Crippen MR) is 160 cm³/mol. The maximum absolute atomic E-state index is 13.1. The first kappa shape index (κ1) is 29.4. The van der Waals surface area contributed by atoms with Gasteiger partial charge in [0.2, 0.25) is 0 Å². The summed E-state index contributed by atoms with van der Waals surface area (Å²) in [5, 5.41) is 0.658. The average Bonchev–Trinajstić information content (AvgIpc) is 2.95. The molecule has 1 aliphatic rings. The van der Waals surface area contributed by atoms with E-state index >= 15 is 0 Å². The second-order valence-electron chi connectivity index (χ2n) is 9.38. The maximum atomic E-state index is 13.1. The van der Waals surface area contributed by atoms with Gasteiger partial charge in [0.15, 0.2) is 0 Å². The van der Waals surface area contributed by atoms with Crippen LogP contribution in [0.4, 0.5) is 0 Å². The summed E-state index contributed by atoms with van der Waals surface area (Å²) in [4.78, 5) is 31.9. The van der Waals surface area contributed by atoms with Crippen LogP contribution < -0.4 is 4.74 Å². The molecular formula is C30H32BrCl2N3O3. The van der Waals surface area contributed by atoms with Gasteiger partial charge in [-0.1, -0.05) is 71.2 Å². The van der Waals surface area contributed by atoms with Crippen LogP contribution in [0.2, 0.25) is 10.0 Å². The van der Waals surface area contributed by atoms with Crippen molar-refractivity contribution < 1.29 is 14.3 Å². The van der Waals surface area contributed by atoms with Crippen molar-refractivity contribution in [2.45, 2.75) is 27.0 Å². The van der Waals surface area contributed by atoms with E-state index in [0.717, 1.165) is 41.0 Å². The van der Waals surface area contributed by atoms with Gasteiger partial charge < -0.3 is 14.5 Å². The highest BCUT2D eigenvalue weighted by Crippen LogP contribution is 2.27. The van der Waals surface area contributed by atoms with Crippen molar-refractivity contribution in [2.24, 2.45) is 0 Å². The lowest BCUT2D eigenvalue weighted by Gasteiger charge is -2.35. The van der Waals surface area contributed by atoms with E-state index in [1.165, 1.54) is 0 Å². The van der Waals surface area contributed by atoms with Crippen LogP contribution in [0.5, 0.6) is 5.75 Å². The topological polar surface area (TPSA) is 53.1 Å². The van der Waals surface area contributed by atoms with E-state index in [1.807, 2.05) is 36.4 Å². The Labute approximate surface area is 248 Å². The number of carbonyl (C=O) groups is 2. The summed E-state index contributed by atoms with van der Waals surface area (Å²) in [5.41, 5.74) is 3.03. The van der Waals surface area contributed by atoms with Crippen molar-refractivity contribution in [3.63, 3.8) is 0 Å². The minimum absolute atomic E-state index is 0.0558. The first-order valence-corrected chi connectivity index (χ1v) is 14.6. The molecule has 3 aromatic carbocycles. The molecule has 0 radical (unpaired) electrons. The highest BCUT2D eigenvalue weighted by molar-refractivity contribution is 9.10. The number of halogens is 3. The lowest BCUT2D eigenvalue weighted by atomic mass is 10.1. The van der Waals surface area contributed by atoms with Gasteiger partial charge in [-0.15, -0.1) is 0 Å². The highest BCUT2D eigenvalue weighted by Gasteiger charge is 2.27. The molecule has 1 saturated heterocycles. The van der Waals surface area contributed by atoms with Crippen LogP contribution in [-0.4, -0.2) is 65.8 Å². The largest absolute Gasteiger partial charge is 0.489 e. The van der Waals surface area contributed by atoms with Crippen molar-refractivity contribution >= 4 is 50.9 Å². The second-order valence-corrected chi connectivity index (χ2v) is 11.1. The van der Waals surface area contributed by atoms with Gasteiger partial charge in [-0.25, -0.2) is 0 Å². The Morgan fingerprint density at radius 3 is 2.05 bits per heavy atom. The lowest BCUT2D eigenvalue weighted by molar-refractivity contribution is 0.0535. The molecule has 0 saturated carbocycles. The normalized spacial score (nSPS) is 13.6. The molecule has 1 aliphatic heterocycles. The summed E-state index contributed by atoms with van der Waals surface area (Å²) in [6, 6.07) is 18.6. The van der Waals surface area contributed by atoms with Gasteiger partial charge in [-0.05, 0) is 61.1 Å². The van der Waals surface area contributed by atoms with Gasteiger partial charge in [-0.2, -0.15) is 0 Å². The molecule has 3 aromatic rings. The van der Waals surface area contributed by atoms with Gasteiger partial charge in [0.25, 0.3) is 11.8 Å². The van der Waals surface area contributed by atoms with E-state index in [0.29, 0.717) is 54.0 Å². The fraction of sp³-hybridized carbons (Fsp3) is 0.333. The Morgan fingerprint density at radius 1 is 0.872 bits per heavy atom. The van der Waals surface area contributed by atoms with E-state index in [4.69, 9.17) is 27.9 Å². The molecule has 39 heavy (non-hydrogen) atoms. The third kappa shape index (κ3) is 7.34. The van der Waals surface area contributed by atoms with Crippen LogP contribution in [-0.2, 0) is 13.2 Å². The number of hydrogen-bond acceptors (Lipinski definition) is 4. The summed E-state index contributed by atoms with van der Waals surface area (Å²) < 4.78 is 7.20. The molecular weight excluding hydrogens is 601 g/mol. The molecule has 0 aromatic heterocycles. The zero-order chi connectivity index (χ0) is 27.9. The summed E-state index contributed by atoms with van der Waals surface area (Å²) in [5.74, 6) is 0.587. The Hall–Kier alpha value is -2.58. The summed E-state index contributed by atoms with van der Waals surface area (Å²) in [7, 11) is 0. The predicted octanol–water partition coefficient (Wildman–Crippen LogP) is 6.77. The van der Waals surface area contributed by atoms with Crippen LogP contribution in [0.15, 0.2) is 65.1 Å². The van der Waals surface area contributed by atoms with E-state index in [9.17, 15) is 9.59 Å². The van der Waals surface area contributed by atoms with E-state index in [-0.39, 0.29) is 11.8 Å². The van der Waals surface area contributed by atoms with Crippen molar-refractivity contribution in [1.29, 1.82) is 0 Å². The van der Waals surface area contributed by atoms with Gasteiger partial charge in [0.05, 0.1) is 15.6 Å². The minimum atomic E-state index is -0.215. The van der Waals surface area contributed by atoms with Gasteiger partial charge >= 0.3 is 0 Å². The van der Waals surface area contributed by atoms with Crippen LogP contribution in [0.25, 0.3) is 0 Å². The fourth-order valence-corrected chi connectivity index (χ4v) is 5.53. The van der Waals surface area contributed by atoms with Gasteiger partial charge in [-0.3, -0.25) is 14.5 Å². The van der Waals surface area contributed by atoms with Crippen LogP contribution in [0.3, 0.4) is 0 Å². The molecule has 1 fully saturated rings. The van der Waals surface area contributed by atoms with E-state index in [1.54, 1.807) is 28.0 Å². The maximum Gasteiger partial charge on any atom is 0.257 e. The lowest BCUT2D eigenvalue weighted by Crippen LogP contribution is -2.50. The fourth-order valence-electron chi connectivity index (χ4n) is 4.56. The molecule has 0 aliphatic carbocycles. The zero-order valence-corrected chi connectivity index (χ0v) is 25.2. The first-order chi connectivity index (χ1) is 18.8. The Balaban J connectivity index is 1.33. The van der Waals surface area contributed by atoms with Crippen molar-refractivity contribution in [2.75, 3.05) is 39.3 Å². The molecule has 9 heteroatoms. The summed E-state index contributed by atoms with van der Waals surface area (Å²) in [6.45, 7) is 9.20. The summed E-state index contributed by atoms with van der Waals surface area (Å²) in [6.07, 6.45) is 0. The molecule has 206 valence electrons. The Kier molecular flexibility index (Phi) is 10.3. The molecule has 0 N–H and O–H groups in total. The minimum Gasteiger partial charge on any atom is -0.489 e. The molecule has 0 atom stereocenters. The van der Waals surface area contributed by atoms with Crippen molar-refractivity contribution in [1.82, 2.24) is 14.7 Å². The molecule has 0 spiro atoms. The van der Waals surface area contributed by atoms with Crippen molar-refractivity contribution in [3.8, 4) is 5.75 Å². The standard InChI is InChI=1S/C30H32BrCl2N3O3/c1-3-34(4-2)19-23-18-24(31)12-13-27(23)39-20-21-8-10-22(11-9-21)29(37)35-14-16-36(17-15-35)30(38)28-25(32)6-5-7-26(28)33/h5-13,18H,3-4,14-17,19-20H2,1-2H3. The van der Waals surface area contributed by atoms with Gasteiger partial charge in [0.1, 0.15) is 12.4 Å². The van der Waals surface area contributed by atoms with E-state index < -0.39 is 0 Å². The third-order valence-electron chi connectivity index (χ3n) is 6.94. The van der Waals surface area contributed by atoms with Crippen LogP contribution >= 0.6 is 39.1 Å².